The van der Waals surface area contributed by atoms with Gasteiger partial charge in [-0.25, -0.2) is 0 Å². The average molecular weight is 570 g/mol. The van der Waals surface area contributed by atoms with Gasteiger partial charge in [-0.3, -0.25) is 14.4 Å². The molecule has 2 heterocycles. The second-order valence-electron chi connectivity index (χ2n) is 10.6. The number of hydrogen-bond acceptors (Lipinski definition) is 8. The molecule has 2 aromatic rings. The molecule has 0 spiro atoms. The Morgan fingerprint density at radius 1 is 1.05 bits per heavy atom. The molecule has 4 atom stereocenters. The molecule has 40 heavy (non-hydrogen) atoms. The third-order valence-corrected chi connectivity index (χ3v) is 8.07. The fourth-order valence-corrected chi connectivity index (χ4v) is 5.73. The van der Waals surface area contributed by atoms with Crippen molar-refractivity contribution in [3.05, 3.63) is 48.0 Å². The summed E-state index contributed by atoms with van der Waals surface area (Å²) in [4.78, 5) is 41.9. The van der Waals surface area contributed by atoms with Crippen molar-refractivity contribution < 1.29 is 24.2 Å². The normalized spacial score (nSPS) is 19.1. The highest BCUT2D eigenvalue weighted by Gasteiger charge is 2.32. The Balaban J connectivity index is 1.45. The standard InChI is InChI=1S/C29H39N5O5S/c1-17(2)15-23(28(37)33-21-12-14-39-29(21)38)34-27(36)20(8-5-6-13-30)32-26(35)18-10-11-25-22(16-18)31-19-7-3-4-9-24(19)40-25/h3-4,7,9-11,16-17,20-21,23,29,31,38H,5-6,8,12-15,30H2,1-2H3,(H,32,35)(H,33,37)(H,34,36)/t20?,21-,23-,29?/m0/s1. The number of aliphatic hydroxyl groups excluding tert-OH is 1. The summed E-state index contributed by atoms with van der Waals surface area (Å²) in [6.45, 7) is 4.75. The minimum Gasteiger partial charge on any atom is -0.366 e. The highest BCUT2D eigenvalue weighted by molar-refractivity contribution is 7.99. The highest BCUT2D eigenvalue weighted by atomic mass is 32.2. The SMILES string of the molecule is CC(C)C[C@H](NC(=O)C(CCCCN)NC(=O)c1ccc2c(c1)Nc1ccccc1S2)C(=O)N[C@H]1CCOC1O. The molecular formula is C29H39N5O5S. The number of hydrogen-bond donors (Lipinski definition) is 6. The van der Waals surface area contributed by atoms with Crippen molar-refractivity contribution in [2.75, 3.05) is 18.5 Å². The number of benzene rings is 2. The van der Waals surface area contributed by atoms with Crippen LogP contribution in [0.15, 0.2) is 52.3 Å². The maximum atomic E-state index is 13.4. The molecule has 4 rings (SSSR count). The lowest BCUT2D eigenvalue weighted by atomic mass is 10.0. The number of unbranched alkanes of at least 4 members (excludes halogenated alkanes) is 1. The van der Waals surface area contributed by atoms with Crippen LogP contribution in [0, 0.1) is 5.92 Å². The van der Waals surface area contributed by atoms with Gasteiger partial charge in [-0.15, -0.1) is 0 Å². The summed E-state index contributed by atoms with van der Waals surface area (Å²) in [5.74, 6) is -1.08. The molecule has 0 saturated carbocycles. The zero-order chi connectivity index (χ0) is 28.6. The minimum atomic E-state index is -1.07. The van der Waals surface area contributed by atoms with Crippen LogP contribution in [-0.4, -0.2) is 60.4 Å². The van der Waals surface area contributed by atoms with Crippen LogP contribution in [0.3, 0.4) is 0 Å². The number of carbonyl (C=O) groups is 3. The lowest BCUT2D eigenvalue weighted by Crippen LogP contribution is -2.56. The third-order valence-electron chi connectivity index (χ3n) is 6.92. The molecule has 1 saturated heterocycles. The molecule has 2 aliphatic rings. The zero-order valence-electron chi connectivity index (χ0n) is 22.9. The van der Waals surface area contributed by atoms with Gasteiger partial charge in [-0.2, -0.15) is 0 Å². The fraction of sp³-hybridized carbons (Fsp3) is 0.483. The smallest absolute Gasteiger partial charge is 0.252 e. The molecular weight excluding hydrogens is 530 g/mol. The van der Waals surface area contributed by atoms with Gasteiger partial charge >= 0.3 is 0 Å². The Bertz CT molecular complexity index is 1210. The van der Waals surface area contributed by atoms with Gasteiger partial charge in [-0.05, 0) is 74.9 Å². The predicted molar refractivity (Wildman–Crippen MR) is 154 cm³/mol. The van der Waals surface area contributed by atoms with E-state index in [9.17, 15) is 19.5 Å². The lowest BCUT2D eigenvalue weighted by Gasteiger charge is -2.26. The Hall–Kier alpha value is -3.12. The Kier molecular flexibility index (Phi) is 10.4. The molecule has 0 bridgehead atoms. The van der Waals surface area contributed by atoms with Crippen LogP contribution >= 0.6 is 11.8 Å². The van der Waals surface area contributed by atoms with Gasteiger partial charge in [0, 0.05) is 15.4 Å². The van der Waals surface area contributed by atoms with E-state index in [2.05, 4.69) is 21.3 Å². The number of nitrogens with one attached hydrogen (secondary N) is 4. The Labute approximate surface area is 239 Å². The van der Waals surface area contributed by atoms with Gasteiger partial charge in [-0.1, -0.05) is 37.7 Å². The number of rotatable bonds is 12. The van der Waals surface area contributed by atoms with Crippen molar-refractivity contribution >= 4 is 40.9 Å². The van der Waals surface area contributed by atoms with E-state index in [4.69, 9.17) is 10.5 Å². The summed E-state index contributed by atoms with van der Waals surface area (Å²) in [5, 5.41) is 21.8. The average Bonchev–Trinajstić information content (AvgIpc) is 3.34. The van der Waals surface area contributed by atoms with Crippen LogP contribution < -0.4 is 27.0 Å². The summed E-state index contributed by atoms with van der Waals surface area (Å²) in [7, 11) is 0. The van der Waals surface area contributed by atoms with E-state index in [0.717, 1.165) is 21.2 Å². The van der Waals surface area contributed by atoms with Crippen LogP contribution in [0.5, 0.6) is 0 Å². The Morgan fingerprint density at radius 3 is 2.55 bits per heavy atom. The summed E-state index contributed by atoms with van der Waals surface area (Å²) in [6.07, 6.45) is 1.55. The van der Waals surface area contributed by atoms with Gasteiger partial charge < -0.3 is 36.8 Å². The monoisotopic (exact) mass is 569 g/mol. The molecule has 11 heteroatoms. The second kappa shape index (κ2) is 14.0. The second-order valence-corrected chi connectivity index (χ2v) is 11.7. The molecule has 0 aliphatic carbocycles. The highest BCUT2D eigenvalue weighted by Crippen LogP contribution is 2.44. The van der Waals surface area contributed by atoms with Crippen molar-refractivity contribution in [3.8, 4) is 0 Å². The minimum absolute atomic E-state index is 0.122. The molecule has 10 nitrogen and oxygen atoms in total. The summed E-state index contributed by atoms with van der Waals surface area (Å²) < 4.78 is 5.13. The van der Waals surface area contributed by atoms with Gasteiger partial charge in [0.1, 0.15) is 12.1 Å². The number of carbonyl (C=O) groups excluding carboxylic acids is 3. The van der Waals surface area contributed by atoms with E-state index in [-0.39, 0.29) is 17.7 Å². The molecule has 0 aromatic heterocycles. The Morgan fingerprint density at radius 2 is 1.82 bits per heavy atom. The van der Waals surface area contributed by atoms with E-state index in [0.29, 0.717) is 50.8 Å². The van der Waals surface area contributed by atoms with E-state index in [1.165, 1.54) is 0 Å². The molecule has 3 amide bonds. The predicted octanol–water partition coefficient (Wildman–Crippen LogP) is 2.88. The van der Waals surface area contributed by atoms with Crippen molar-refractivity contribution in [3.63, 3.8) is 0 Å². The van der Waals surface area contributed by atoms with Crippen molar-refractivity contribution in [1.29, 1.82) is 0 Å². The van der Waals surface area contributed by atoms with E-state index < -0.39 is 30.3 Å². The number of fused-ring (bicyclic) bond motifs is 2. The molecule has 2 unspecified atom stereocenters. The summed E-state index contributed by atoms with van der Waals surface area (Å²) in [6, 6.07) is 11.2. The first-order chi connectivity index (χ1) is 19.2. The quantitative estimate of drug-likeness (QED) is 0.182. The van der Waals surface area contributed by atoms with Crippen LogP contribution in [0.2, 0.25) is 0 Å². The van der Waals surface area contributed by atoms with Gasteiger partial charge in [0.15, 0.2) is 6.29 Å². The molecule has 1 fully saturated rings. The summed E-state index contributed by atoms with van der Waals surface area (Å²) >= 11 is 1.63. The van der Waals surface area contributed by atoms with Crippen LogP contribution in [0.25, 0.3) is 0 Å². The zero-order valence-corrected chi connectivity index (χ0v) is 23.8. The maximum absolute atomic E-state index is 13.4. The first-order valence-electron chi connectivity index (χ1n) is 13.8. The summed E-state index contributed by atoms with van der Waals surface area (Å²) in [5.41, 5.74) is 7.89. The van der Waals surface area contributed by atoms with Gasteiger partial charge in [0.2, 0.25) is 11.8 Å². The number of amides is 3. The molecule has 2 aromatic carbocycles. The fourth-order valence-electron chi connectivity index (χ4n) is 4.76. The first-order valence-corrected chi connectivity index (χ1v) is 14.7. The van der Waals surface area contributed by atoms with Gasteiger partial charge in [0.05, 0.1) is 24.0 Å². The largest absolute Gasteiger partial charge is 0.366 e. The van der Waals surface area contributed by atoms with Crippen molar-refractivity contribution in [1.82, 2.24) is 16.0 Å². The van der Waals surface area contributed by atoms with Crippen molar-refractivity contribution in [2.24, 2.45) is 11.7 Å². The number of para-hydroxylation sites is 1. The van der Waals surface area contributed by atoms with Crippen LogP contribution in [-0.2, 0) is 14.3 Å². The van der Waals surface area contributed by atoms with E-state index in [1.54, 1.807) is 23.9 Å². The molecule has 7 N–H and O–H groups in total. The molecule has 216 valence electrons. The number of aliphatic hydroxyl groups is 1. The number of ether oxygens (including phenoxy) is 1. The third kappa shape index (κ3) is 7.75. The van der Waals surface area contributed by atoms with Gasteiger partial charge in [0.25, 0.3) is 5.91 Å². The van der Waals surface area contributed by atoms with Crippen LogP contribution in [0.4, 0.5) is 11.4 Å². The molecule has 2 aliphatic heterocycles. The first kappa shape index (κ1) is 29.9. The topological polar surface area (TPSA) is 155 Å². The van der Waals surface area contributed by atoms with E-state index >= 15 is 0 Å². The lowest BCUT2D eigenvalue weighted by molar-refractivity contribution is -0.132. The van der Waals surface area contributed by atoms with E-state index in [1.807, 2.05) is 44.2 Å². The van der Waals surface area contributed by atoms with Crippen molar-refractivity contribution in [2.45, 2.75) is 80.2 Å². The molecule has 0 radical (unpaired) electrons. The maximum Gasteiger partial charge on any atom is 0.252 e. The van der Waals surface area contributed by atoms with Crippen LogP contribution in [0.1, 0.15) is 56.3 Å². The number of anilines is 2. The number of nitrogens with two attached hydrogens (primary N) is 1.